The molecule has 3 nitrogen and oxygen atoms in total. The number of carbonyl (C=O) groups is 1. The van der Waals surface area contributed by atoms with Gasteiger partial charge in [-0.2, -0.15) is 0 Å². The van der Waals surface area contributed by atoms with Gasteiger partial charge < -0.3 is 9.80 Å². The highest BCUT2D eigenvalue weighted by atomic mass is 19.1. The molecule has 1 atom stereocenters. The second-order valence-electron chi connectivity index (χ2n) is 6.57. The van der Waals surface area contributed by atoms with E-state index >= 15 is 0 Å². The maximum Gasteiger partial charge on any atom is 0.320 e. The van der Waals surface area contributed by atoms with Crippen LogP contribution >= 0.6 is 0 Å². The topological polar surface area (TPSA) is 23.6 Å². The van der Waals surface area contributed by atoms with Gasteiger partial charge in [-0.25, -0.2) is 13.6 Å². The number of urea groups is 1. The Hall–Kier alpha value is -2.69. The Morgan fingerprint density at radius 1 is 1.12 bits per heavy atom. The summed E-state index contributed by atoms with van der Waals surface area (Å²) in [4.78, 5) is 15.9. The van der Waals surface area contributed by atoms with Crippen LogP contribution in [-0.2, 0) is 5.54 Å². The third-order valence-corrected chi connectivity index (χ3v) is 4.59. The summed E-state index contributed by atoms with van der Waals surface area (Å²) in [6.07, 6.45) is 1.85. The molecule has 130 valence electrons. The van der Waals surface area contributed by atoms with Crippen molar-refractivity contribution in [3.8, 4) is 0 Å². The molecule has 0 saturated heterocycles. The quantitative estimate of drug-likeness (QED) is 0.800. The van der Waals surface area contributed by atoms with Crippen LogP contribution in [0.1, 0.15) is 18.1 Å². The molecular weight excluding hydrogens is 322 g/mol. The maximum atomic E-state index is 14.2. The minimum absolute atomic E-state index is 0.186. The fourth-order valence-corrected chi connectivity index (χ4v) is 3.23. The van der Waals surface area contributed by atoms with Crippen LogP contribution in [0.2, 0.25) is 0 Å². The summed E-state index contributed by atoms with van der Waals surface area (Å²) in [7, 11) is 3.35. The number of benzene rings is 2. The maximum absolute atomic E-state index is 14.2. The molecule has 0 spiro atoms. The average molecular weight is 342 g/mol. The van der Waals surface area contributed by atoms with E-state index in [-0.39, 0.29) is 18.1 Å². The molecule has 5 heteroatoms. The molecule has 2 aromatic rings. The van der Waals surface area contributed by atoms with E-state index in [1.807, 2.05) is 43.3 Å². The van der Waals surface area contributed by atoms with Gasteiger partial charge in [0.05, 0.1) is 5.54 Å². The molecule has 25 heavy (non-hydrogen) atoms. The van der Waals surface area contributed by atoms with Crippen LogP contribution in [0.3, 0.4) is 0 Å². The standard InChI is InChI=1S/C20H20F2N2O/c1-20(15-7-5-4-6-8-15)12-14(13-24(20)19(25)23(2)3)17-11-16(21)9-10-18(17)22/h4-12H,13H2,1-3H3. The summed E-state index contributed by atoms with van der Waals surface area (Å²) in [6.45, 7) is 2.12. The van der Waals surface area contributed by atoms with Gasteiger partial charge in [-0.1, -0.05) is 30.3 Å². The third-order valence-electron chi connectivity index (χ3n) is 4.59. The summed E-state index contributed by atoms with van der Waals surface area (Å²) in [5, 5.41) is 0. The second-order valence-corrected chi connectivity index (χ2v) is 6.57. The van der Waals surface area contributed by atoms with Crippen molar-refractivity contribution in [2.24, 2.45) is 0 Å². The van der Waals surface area contributed by atoms with Crippen molar-refractivity contribution in [1.29, 1.82) is 0 Å². The molecule has 1 aliphatic rings. The third kappa shape index (κ3) is 3.02. The smallest absolute Gasteiger partial charge is 0.320 e. The largest absolute Gasteiger partial charge is 0.331 e. The predicted octanol–water partition coefficient (Wildman–Crippen LogP) is 4.26. The number of halogens is 2. The zero-order chi connectivity index (χ0) is 18.2. The zero-order valence-electron chi connectivity index (χ0n) is 14.5. The lowest BCUT2D eigenvalue weighted by Crippen LogP contribution is -2.47. The Balaban J connectivity index is 2.12. The molecule has 0 fully saturated rings. The minimum Gasteiger partial charge on any atom is -0.331 e. The summed E-state index contributed by atoms with van der Waals surface area (Å²) >= 11 is 0. The van der Waals surface area contributed by atoms with Crippen molar-refractivity contribution in [3.05, 3.63) is 77.4 Å². The first-order valence-corrected chi connectivity index (χ1v) is 8.04. The van der Waals surface area contributed by atoms with E-state index in [2.05, 4.69) is 0 Å². The van der Waals surface area contributed by atoms with Gasteiger partial charge in [0.15, 0.2) is 0 Å². The normalized spacial score (nSPS) is 19.7. The van der Waals surface area contributed by atoms with Crippen LogP contribution in [0, 0.1) is 11.6 Å². The van der Waals surface area contributed by atoms with E-state index in [1.54, 1.807) is 19.0 Å². The minimum atomic E-state index is -0.739. The Labute approximate surface area is 146 Å². The molecule has 1 aliphatic heterocycles. The number of hydrogen-bond acceptors (Lipinski definition) is 1. The van der Waals surface area contributed by atoms with E-state index in [1.165, 1.54) is 11.0 Å². The van der Waals surface area contributed by atoms with Gasteiger partial charge >= 0.3 is 6.03 Å². The molecule has 2 aromatic carbocycles. The van der Waals surface area contributed by atoms with E-state index in [0.717, 1.165) is 17.7 Å². The van der Waals surface area contributed by atoms with Crippen molar-refractivity contribution in [2.45, 2.75) is 12.5 Å². The molecule has 1 heterocycles. The van der Waals surface area contributed by atoms with Crippen LogP contribution in [0.4, 0.5) is 13.6 Å². The fourth-order valence-electron chi connectivity index (χ4n) is 3.23. The van der Waals surface area contributed by atoms with Crippen LogP contribution in [0.25, 0.3) is 5.57 Å². The van der Waals surface area contributed by atoms with Crippen molar-refractivity contribution >= 4 is 11.6 Å². The van der Waals surface area contributed by atoms with Gasteiger partial charge in [-0.3, -0.25) is 0 Å². The first-order chi connectivity index (χ1) is 11.8. The molecule has 0 radical (unpaired) electrons. The average Bonchev–Trinajstić information content (AvgIpc) is 2.95. The van der Waals surface area contributed by atoms with Crippen molar-refractivity contribution in [2.75, 3.05) is 20.6 Å². The van der Waals surface area contributed by atoms with Crippen LogP contribution < -0.4 is 0 Å². The fraction of sp³-hybridized carbons (Fsp3) is 0.250. The Morgan fingerprint density at radius 2 is 1.80 bits per heavy atom. The highest BCUT2D eigenvalue weighted by Crippen LogP contribution is 2.40. The first kappa shape index (κ1) is 17.1. The number of nitrogens with zero attached hydrogens (tertiary/aromatic N) is 2. The highest BCUT2D eigenvalue weighted by molar-refractivity contribution is 5.83. The first-order valence-electron chi connectivity index (χ1n) is 8.04. The molecule has 0 aromatic heterocycles. The van der Waals surface area contributed by atoms with E-state index in [4.69, 9.17) is 0 Å². The molecule has 0 N–H and O–H groups in total. The highest BCUT2D eigenvalue weighted by Gasteiger charge is 2.41. The predicted molar refractivity (Wildman–Crippen MR) is 93.9 cm³/mol. The van der Waals surface area contributed by atoms with Crippen LogP contribution in [0.5, 0.6) is 0 Å². The van der Waals surface area contributed by atoms with Crippen LogP contribution in [0.15, 0.2) is 54.6 Å². The molecule has 0 bridgehead atoms. The Bertz CT molecular complexity index is 833. The second kappa shape index (κ2) is 6.31. The molecule has 0 saturated carbocycles. The van der Waals surface area contributed by atoms with E-state index in [0.29, 0.717) is 5.57 Å². The lowest BCUT2D eigenvalue weighted by molar-refractivity contribution is 0.143. The van der Waals surface area contributed by atoms with Gasteiger partial charge in [-0.15, -0.1) is 0 Å². The number of amides is 2. The molecular formula is C20H20F2N2O. The number of hydrogen-bond donors (Lipinski definition) is 0. The SMILES string of the molecule is CN(C)C(=O)N1CC(c2cc(F)ccc2F)=CC1(C)c1ccccc1. The van der Waals surface area contributed by atoms with Gasteiger partial charge in [0.1, 0.15) is 11.6 Å². The zero-order valence-corrected chi connectivity index (χ0v) is 14.5. The number of rotatable bonds is 2. The van der Waals surface area contributed by atoms with Crippen molar-refractivity contribution in [3.63, 3.8) is 0 Å². The summed E-state index contributed by atoms with van der Waals surface area (Å²) in [5.74, 6) is -1.00. The number of carbonyl (C=O) groups excluding carboxylic acids is 1. The van der Waals surface area contributed by atoms with Crippen LogP contribution in [-0.4, -0.2) is 36.5 Å². The van der Waals surface area contributed by atoms with E-state index in [9.17, 15) is 13.6 Å². The van der Waals surface area contributed by atoms with Crippen molar-refractivity contribution in [1.82, 2.24) is 9.80 Å². The summed E-state index contributed by atoms with van der Waals surface area (Å²) < 4.78 is 27.9. The Kier molecular flexibility index (Phi) is 4.33. The van der Waals surface area contributed by atoms with Gasteiger partial charge in [0, 0.05) is 26.2 Å². The molecule has 2 amide bonds. The molecule has 3 rings (SSSR count). The molecule has 0 aliphatic carbocycles. The Morgan fingerprint density at radius 3 is 2.44 bits per heavy atom. The lowest BCUT2D eigenvalue weighted by Gasteiger charge is -2.36. The van der Waals surface area contributed by atoms with Crippen molar-refractivity contribution < 1.29 is 13.6 Å². The van der Waals surface area contributed by atoms with E-state index < -0.39 is 17.2 Å². The summed E-state index contributed by atoms with van der Waals surface area (Å²) in [5.41, 5.74) is 0.961. The lowest BCUT2D eigenvalue weighted by atomic mass is 9.91. The summed E-state index contributed by atoms with van der Waals surface area (Å²) in [6, 6.07) is 12.7. The van der Waals surface area contributed by atoms with Gasteiger partial charge in [0.25, 0.3) is 0 Å². The van der Waals surface area contributed by atoms with Gasteiger partial charge in [0.2, 0.25) is 0 Å². The van der Waals surface area contributed by atoms with Gasteiger partial charge in [-0.05, 0) is 42.3 Å². The molecule has 1 unspecified atom stereocenters. The monoisotopic (exact) mass is 342 g/mol.